The minimum Gasteiger partial charge on any atom is -0.493 e. The molecule has 0 spiro atoms. The SMILES string of the molecule is CO[C@@H]1CN(C(=O)c2cc(C3CC3)c(OCC34CC5CC(C3)C(C5)C4)cc2F)[C@H](CC(=O)O)[C@H]1C. The van der Waals surface area contributed by atoms with Crippen LogP contribution < -0.4 is 4.74 Å². The van der Waals surface area contributed by atoms with Crippen molar-refractivity contribution in [2.45, 2.75) is 76.4 Å². The zero-order valence-electron chi connectivity index (χ0n) is 20.7. The number of rotatable bonds is 8. The molecule has 1 aliphatic heterocycles. The summed E-state index contributed by atoms with van der Waals surface area (Å²) in [6.07, 6.45) is 8.05. The van der Waals surface area contributed by atoms with E-state index in [0.29, 0.717) is 18.3 Å². The topological polar surface area (TPSA) is 76.1 Å². The summed E-state index contributed by atoms with van der Waals surface area (Å²) in [5.41, 5.74) is 1.18. The first-order chi connectivity index (χ1) is 16.8. The van der Waals surface area contributed by atoms with Crippen LogP contribution in [0.3, 0.4) is 0 Å². The summed E-state index contributed by atoms with van der Waals surface area (Å²) in [7, 11) is 1.56. The molecule has 6 nitrogen and oxygen atoms in total. The van der Waals surface area contributed by atoms with Gasteiger partial charge in [0.05, 0.1) is 24.7 Å². The monoisotopic (exact) mass is 485 g/mol. The van der Waals surface area contributed by atoms with Crippen molar-refractivity contribution in [3.63, 3.8) is 0 Å². The third-order valence-electron chi connectivity index (χ3n) is 9.85. The van der Waals surface area contributed by atoms with Crippen molar-refractivity contribution in [2.75, 3.05) is 20.3 Å². The molecule has 35 heavy (non-hydrogen) atoms. The first-order valence-electron chi connectivity index (χ1n) is 13.3. The number of carboxylic acids is 1. The summed E-state index contributed by atoms with van der Waals surface area (Å²) >= 11 is 0. The second-order valence-corrected chi connectivity index (χ2v) is 12.2. The summed E-state index contributed by atoms with van der Waals surface area (Å²) in [5, 5.41) is 9.40. The minimum atomic E-state index is -0.979. The molecule has 1 heterocycles. The van der Waals surface area contributed by atoms with E-state index in [2.05, 4.69) is 0 Å². The molecule has 190 valence electrons. The van der Waals surface area contributed by atoms with Crippen molar-refractivity contribution in [1.82, 2.24) is 4.90 Å². The van der Waals surface area contributed by atoms with Crippen molar-refractivity contribution in [2.24, 2.45) is 29.1 Å². The maximum atomic E-state index is 15.4. The van der Waals surface area contributed by atoms with E-state index in [4.69, 9.17) is 9.47 Å². The van der Waals surface area contributed by atoms with Crippen LogP contribution in [-0.2, 0) is 9.53 Å². The largest absolute Gasteiger partial charge is 0.493 e. The van der Waals surface area contributed by atoms with Gasteiger partial charge in [-0.1, -0.05) is 6.92 Å². The van der Waals surface area contributed by atoms with Crippen molar-refractivity contribution >= 4 is 11.9 Å². The lowest BCUT2D eigenvalue weighted by Crippen LogP contribution is -2.39. The number of carbonyl (C=O) groups excluding carboxylic acids is 1. The quantitative estimate of drug-likeness (QED) is 0.569. The van der Waals surface area contributed by atoms with E-state index in [0.717, 1.165) is 36.2 Å². The van der Waals surface area contributed by atoms with E-state index in [1.807, 2.05) is 6.92 Å². The average Bonchev–Trinajstić information content (AvgIpc) is 3.51. The molecule has 0 radical (unpaired) electrons. The second-order valence-electron chi connectivity index (χ2n) is 12.2. The molecular weight excluding hydrogens is 449 g/mol. The van der Waals surface area contributed by atoms with Gasteiger partial charge in [0.25, 0.3) is 5.91 Å². The molecule has 4 bridgehead atoms. The Morgan fingerprint density at radius 3 is 2.49 bits per heavy atom. The van der Waals surface area contributed by atoms with Gasteiger partial charge < -0.3 is 19.5 Å². The summed E-state index contributed by atoms with van der Waals surface area (Å²) in [4.78, 5) is 26.5. The van der Waals surface area contributed by atoms with Crippen LogP contribution in [0.1, 0.15) is 80.1 Å². The Labute approximate surface area is 206 Å². The highest BCUT2D eigenvalue weighted by Gasteiger charge is 2.56. The zero-order valence-corrected chi connectivity index (χ0v) is 20.7. The van der Waals surface area contributed by atoms with Gasteiger partial charge in [0, 0.05) is 37.1 Å². The first kappa shape index (κ1) is 23.3. The molecule has 1 saturated heterocycles. The van der Waals surface area contributed by atoms with Crippen molar-refractivity contribution in [3.8, 4) is 5.75 Å². The molecule has 1 N–H and O–H groups in total. The number of benzene rings is 1. The van der Waals surface area contributed by atoms with Crippen LogP contribution in [0.4, 0.5) is 4.39 Å². The molecule has 6 fully saturated rings. The van der Waals surface area contributed by atoms with Gasteiger partial charge in [-0.05, 0) is 80.2 Å². The molecule has 1 aromatic carbocycles. The van der Waals surface area contributed by atoms with Gasteiger partial charge in [0.2, 0.25) is 0 Å². The number of carboxylic acid groups (broad SMARTS) is 1. The molecule has 5 atom stereocenters. The number of carbonyl (C=O) groups is 2. The lowest BCUT2D eigenvalue weighted by atomic mass is 9.70. The lowest BCUT2D eigenvalue weighted by Gasteiger charge is -2.38. The van der Waals surface area contributed by atoms with E-state index >= 15 is 4.39 Å². The van der Waals surface area contributed by atoms with Crippen molar-refractivity contribution < 1.29 is 28.6 Å². The van der Waals surface area contributed by atoms with Gasteiger partial charge in [0.15, 0.2) is 0 Å². The fourth-order valence-electron chi connectivity index (χ4n) is 8.14. The molecule has 7 rings (SSSR count). The van der Waals surface area contributed by atoms with Crippen LogP contribution in [0.2, 0.25) is 0 Å². The number of methoxy groups -OCH3 is 1. The zero-order chi connectivity index (χ0) is 24.5. The number of amides is 1. The molecule has 5 saturated carbocycles. The van der Waals surface area contributed by atoms with Crippen LogP contribution >= 0.6 is 0 Å². The van der Waals surface area contributed by atoms with Crippen LogP contribution in [0.25, 0.3) is 0 Å². The fraction of sp³-hybridized carbons (Fsp3) is 0.714. The van der Waals surface area contributed by atoms with E-state index < -0.39 is 23.7 Å². The number of nitrogens with zero attached hydrogens (tertiary/aromatic N) is 1. The van der Waals surface area contributed by atoms with E-state index in [9.17, 15) is 14.7 Å². The average molecular weight is 486 g/mol. The number of aliphatic carboxylic acids is 1. The normalized spacial score (nSPS) is 37.3. The summed E-state index contributed by atoms with van der Waals surface area (Å²) in [6, 6.07) is 2.56. The highest BCUT2D eigenvalue weighted by atomic mass is 19.1. The van der Waals surface area contributed by atoms with Crippen LogP contribution in [0.15, 0.2) is 12.1 Å². The van der Waals surface area contributed by atoms with Gasteiger partial charge in [-0.3, -0.25) is 9.59 Å². The van der Waals surface area contributed by atoms with Crippen LogP contribution in [0.5, 0.6) is 5.75 Å². The van der Waals surface area contributed by atoms with E-state index in [-0.39, 0.29) is 36.0 Å². The summed E-state index contributed by atoms with van der Waals surface area (Å²) in [6.45, 7) is 2.79. The predicted molar refractivity (Wildman–Crippen MR) is 127 cm³/mol. The molecule has 7 heteroatoms. The Morgan fingerprint density at radius 2 is 1.89 bits per heavy atom. The molecule has 0 aromatic heterocycles. The number of hydrogen-bond donors (Lipinski definition) is 1. The number of likely N-dealkylation sites (tertiary alicyclic amines) is 1. The number of halogens is 1. The Balaban J connectivity index is 1.24. The smallest absolute Gasteiger partial charge is 0.305 e. The number of hydrogen-bond acceptors (Lipinski definition) is 4. The predicted octanol–water partition coefficient (Wildman–Crippen LogP) is 4.86. The standard InChI is InChI=1S/C28H36FNO5/c1-15-23(9-26(31)32)30(13-25(15)34-2)27(33)21-7-20(17-3-4-17)24(8-22(21)29)35-14-28-10-16-5-18(11-28)19(6-16)12-28/h7-8,15-19,23,25H,3-6,9-14H2,1-2H3,(H,31,32)/t15-,16?,18?,19?,23-,25-,28?/m1/s1. The highest BCUT2D eigenvalue weighted by molar-refractivity contribution is 5.95. The molecule has 1 aromatic rings. The minimum absolute atomic E-state index is 0.0107. The van der Waals surface area contributed by atoms with Gasteiger partial charge in [-0.15, -0.1) is 0 Å². The Kier molecular flexibility index (Phi) is 5.62. The molecule has 1 amide bonds. The maximum Gasteiger partial charge on any atom is 0.305 e. The number of ether oxygens (including phenoxy) is 2. The third kappa shape index (κ3) is 4.04. The molecule has 2 unspecified atom stereocenters. The lowest BCUT2D eigenvalue weighted by molar-refractivity contribution is -0.138. The van der Waals surface area contributed by atoms with Crippen molar-refractivity contribution in [1.29, 1.82) is 0 Å². The fourth-order valence-corrected chi connectivity index (χ4v) is 8.14. The second kappa shape index (κ2) is 8.46. The van der Waals surface area contributed by atoms with Gasteiger partial charge >= 0.3 is 5.97 Å². The first-order valence-corrected chi connectivity index (χ1v) is 13.3. The van der Waals surface area contributed by atoms with E-state index in [1.165, 1.54) is 43.1 Å². The molecule has 5 aliphatic carbocycles. The summed E-state index contributed by atoms with van der Waals surface area (Å²) < 4.78 is 27.3. The highest BCUT2D eigenvalue weighted by Crippen LogP contribution is 2.64. The van der Waals surface area contributed by atoms with Gasteiger partial charge in [0.1, 0.15) is 11.6 Å². The molecule has 6 aliphatic rings. The van der Waals surface area contributed by atoms with Gasteiger partial charge in [-0.2, -0.15) is 0 Å². The van der Waals surface area contributed by atoms with Crippen molar-refractivity contribution in [3.05, 3.63) is 29.1 Å². The molecular formula is C28H36FNO5. The van der Waals surface area contributed by atoms with Crippen LogP contribution in [0, 0.1) is 34.9 Å². The van der Waals surface area contributed by atoms with Gasteiger partial charge in [-0.25, -0.2) is 4.39 Å². The van der Waals surface area contributed by atoms with E-state index in [1.54, 1.807) is 13.2 Å². The maximum absolute atomic E-state index is 15.4. The summed E-state index contributed by atoms with van der Waals surface area (Å²) in [5.74, 6) is 1.26. The Morgan fingerprint density at radius 1 is 1.17 bits per heavy atom. The third-order valence-corrected chi connectivity index (χ3v) is 9.85. The Hall–Kier alpha value is -2.15. The Bertz CT molecular complexity index is 1020. The van der Waals surface area contributed by atoms with Crippen LogP contribution in [-0.4, -0.2) is 54.3 Å².